The number of carbonyl (C=O) groups excluding carboxylic acids is 1. The molecule has 1 amide bonds. The van der Waals surface area contributed by atoms with Gasteiger partial charge in [-0.3, -0.25) is 9.80 Å². The molecule has 0 unspecified atom stereocenters. The maximum Gasteiger partial charge on any atom is 0.239 e. The van der Waals surface area contributed by atoms with Crippen LogP contribution in [0.2, 0.25) is 0 Å². The second-order valence-electron chi connectivity index (χ2n) is 3.26. The van der Waals surface area contributed by atoms with E-state index < -0.39 is 5.82 Å². The number of halogens is 1. The van der Waals surface area contributed by atoms with Crippen molar-refractivity contribution in [2.24, 2.45) is 0 Å². The fourth-order valence-corrected chi connectivity index (χ4v) is 0.987. The average Bonchev–Trinajstić information content (AvgIpc) is 2.18. The molecule has 5 heteroatoms. The van der Waals surface area contributed by atoms with Crippen LogP contribution < -0.4 is 10.7 Å². The molecule has 0 saturated carbocycles. The summed E-state index contributed by atoms with van der Waals surface area (Å²) in [6.45, 7) is 0.112. The Hall–Kier alpha value is -1.46. The van der Waals surface area contributed by atoms with Crippen LogP contribution in [-0.4, -0.2) is 31.6 Å². The predicted octanol–water partition coefficient (Wildman–Crippen LogP) is 0.830. The molecule has 15 heavy (non-hydrogen) atoms. The van der Waals surface area contributed by atoms with Gasteiger partial charge in [-0.1, -0.05) is 12.1 Å². The molecule has 0 heterocycles. The summed E-state index contributed by atoms with van der Waals surface area (Å²) in [7, 11) is 3.55. The number of carbonyl (C=O) groups is 1. The van der Waals surface area contributed by atoms with Gasteiger partial charge in [0.15, 0.2) is 0 Å². The van der Waals surface area contributed by atoms with E-state index in [9.17, 15) is 9.18 Å². The van der Waals surface area contributed by atoms with Gasteiger partial charge < -0.3 is 5.32 Å². The molecule has 0 aliphatic rings. The predicted molar refractivity (Wildman–Crippen MR) is 56.7 cm³/mol. The lowest BCUT2D eigenvalue weighted by molar-refractivity contribution is -0.116. The summed E-state index contributed by atoms with van der Waals surface area (Å²) in [5, 5.41) is 4.12. The number of anilines is 1. The summed E-state index contributed by atoms with van der Waals surface area (Å²) in [5.74, 6) is -0.718. The summed E-state index contributed by atoms with van der Waals surface area (Å²) < 4.78 is 13.1. The Bertz CT molecular complexity index is 341. The molecule has 0 aliphatic carbocycles. The molecule has 0 spiro atoms. The van der Waals surface area contributed by atoms with Crippen LogP contribution in [0.25, 0.3) is 0 Å². The molecule has 82 valence electrons. The molecule has 0 aliphatic heterocycles. The summed E-state index contributed by atoms with van der Waals surface area (Å²) in [5.41, 5.74) is 2.98. The number of nitrogens with zero attached hydrogens (tertiary/aromatic N) is 1. The van der Waals surface area contributed by atoms with Crippen LogP contribution in [0.15, 0.2) is 24.3 Å². The third-order valence-electron chi connectivity index (χ3n) is 1.70. The normalized spacial score (nSPS) is 10.4. The number of nitrogens with one attached hydrogen (secondary N) is 2. The Morgan fingerprint density at radius 3 is 2.67 bits per heavy atom. The Morgan fingerprint density at radius 2 is 2.07 bits per heavy atom. The fraction of sp³-hybridized carbons (Fsp3) is 0.300. The van der Waals surface area contributed by atoms with Gasteiger partial charge in [-0.25, -0.2) is 9.82 Å². The van der Waals surface area contributed by atoms with E-state index in [1.54, 1.807) is 31.2 Å². The van der Waals surface area contributed by atoms with E-state index in [1.807, 2.05) is 0 Å². The molecular weight excluding hydrogens is 197 g/mol. The van der Waals surface area contributed by atoms with Crippen LogP contribution in [0.1, 0.15) is 0 Å². The zero-order chi connectivity index (χ0) is 11.3. The maximum atomic E-state index is 13.1. The van der Waals surface area contributed by atoms with Crippen LogP contribution in [0.3, 0.4) is 0 Å². The summed E-state index contributed by atoms with van der Waals surface area (Å²) in [6, 6.07) is 6.05. The van der Waals surface area contributed by atoms with Gasteiger partial charge >= 0.3 is 0 Å². The van der Waals surface area contributed by atoms with Gasteiger partial charge in [0.05, 0.1) is 12.2 Å². The van der Waals surface area contributed by atoms with Gasteiger partial charge in [0.1, 0.15) is 5.82 Å². The van der Waals surface area contributed by atoms with Crippen molar-refractivity contribution in [1.82, 2.24) is 10.4 Å². The highest BCUT2D eigenvalue weighted by atomic mass is 19.1. The molecule has 0 atom stereocenters. The van der Waals surface area contributed by atoms with Crippen molar-refractivity contribution in [3.8, 4) is 0 Å². The van der Waals surface area contributed by atoms with E-state index in [1.165, 1.54) is 12.1 Å². The molecule has 1 aromatic carbocycles. The average molecular weight is 211 g/mol. The molecule has 4 nitrogen and oxygen atoms in total. The molecule has 0 bridgehead atoms. The van der Waals surface area contributed by atoms with Gasteiger partial charge in [0.2, 0.25) is 5.91 Å². The quantitative estimate of drug-likeness (QED) is 0.725. The molecule has 0 aromatic heterocycles. The van der Waals surface area contributed by atoms with Crippen LogP contribution in [0, 0.1) is 5.82 Å². The number of rotatable bonds is 4. The summed E-state index contributed by atoms with van der Waals surface area (Å²) in [4.78, 5) is 11.3. The third kappa shape index (κ3) is 4.05. The van der Waals surface area contributed by atoms with Gasteiger partial charge in [-0.05, 0) is 12.1 Å². The number of para-hydroxylation sites is 1. The number of benzene rings is 1. The number of hydrazine groups is 1. The largest absolute Gasteiger partial charge is 0.322 e. The number of amides is 1. The minimum Gasteiger partial charge on any atom is -0.322 e. The minimum atomic E-state index is -0.435. The highest BCUT2D eigenvalue weighted by Gasteiger charge is 2.05. The molecule has 1 rings (SSSR count). The van der Waals surface area contributed by atoms with E-state index in [0.29, 0.717) is 0 Å². The van der Waals surface area contributed by atoms with Crippen molar-refractivity contribution >= 4 is 11.6 Å². The van der Waals surface area contributed by atoms with E-state index >= 15 is 0 Å². The van der Waals surface area contributed by atoms with E-state index in [4.69, 9.17) is 0 Å². The molecule has 1 aromatic rings. The van der Waals surface area contributed by atoms with Crippen LogP contribution in [0.5, 0.6) is 0 Å². The lowest BCUT2D eigenvalue weighted by atomic mass is 10.3. The first-order chi connectivity index (χ1) is 7.09. The maximum absolute atomic E-state index is 13.1. The second kappa shape index (κ2) is 5.43. The Morgan fingerprint density at radius 1 is 1.40 bits per heavy atom. The van der Waals surface area contributed by atoms with E-state index in [0.717, 1.165) is 0 Å². The lowest BCUT2D eigenvalue weighted by Gasteiger charge is -2.11. The van der Waals surface area contributed by atoms with Gasteiger partial charge in [-0.15, -0.1) is 0 Å². The van der Waals surface area contributed by atoms with Crippen LogP contribution in [0.4, 0.5) is 10.1 Å². The van der Waals surface area contributed by atoms with E-state index in [2.05, 4.69) is 10.7 Å². The highest BCUT2D eigenvalue weighted by molar-refractivity contribution is 5.92. The number of hydrogen-bond acceptors (Lipinski definition) is 3. The van der Waals surface area contributed by atoms with Crippen molar-refractivity contribution in [2.45, 2.75) is 0 Å². The summed E-state index contributed by atoms with van der Waals surface area (Å²) >= 11 is 0. The minimum absolute atomic E-state index is 0.112. The van der Waals surface area contributed by atoms with Crippen molar-refractivity contribution in [3.63, 3.8) is 0 Å². The zero-order valence-corrected chi connectivity index (χ0v) is 8.75. The zero-order valence-electron chi connectivity index (χ0n) is 8.75. The first kappa shape index (κ1) is 11.6. The Labute approximate surface area is 88.0 Å². The van der Waals surface area contributed by atoms with Gasteiger partial charge in [0, 0.05) is 14.1 Å². The molecule has 0 fully saturated rings. The van der Waals surface area contributed by atoms with Crippen LogP contribution in [-0.2, 0) is 4.79 Å². The smallest absolute Gasteiger partial charge is 0.239 e. The Kier molecular flexibility index (Phi) is 4.20. The fourth-order valence-electron chi connectivity index (χ4n) is 0.987. The standard InChI is InChI=1S/C10H14FN3O/c1-14(2)12-7-10(15)13-9-6-4-3-5-8(9)11/h3-6,12H,7H2,1-2H3,(H,13,15). The highest BCUT2D eigenvalue weighted by Crippen LogP contribution is 2.11. The van der Waals surface area contributed by atoms with Gasteiger partial charge in [0.25, 0.3) is 0 Å². The van der Waals surface area contributed by atoms with Gasteiger partial charge in [-0.2, -0.15) is 0 Å². The van der Waals surface area contributed by atoms with Crippen molar-refractivity contribution in [2.75, 3.05) is 26.0 Å². The third-order valence-corrected chi connectivity index (χ3v) is 1.70. The van der Waals surface area contributed by atoms with Crippen molar-refractivity contribution < 1.29 is 9.18 Å². The lowest BCUT2D eigenvalue weighted by Crippen LogP contribution is -2.37. The molecule has 0 saturated heterocycles. The van der Waals surface area contributed by atoms with Crippen molar-refractivity contribution in [1.29, 1.82) is 0 Å². The second-order valence-corrected chi connectivity index (χ2v) is 3.26. The first-order valence-electron chi connectivity index (χ1n) is 4.55. The molecule has 2 N–H and O–H groups in total. The summed E-state index contributed by atoms with van der Waals surface area (Å²) in [6.07, 6.45) is 0. The van der Waals surface area contributed by atoms with Crippen molar-refractivity contribution in [3.05, 3.63) is 30.1 Å². The van der Waals surface area contributed by atoms with Crippen LogP contribution >= 0.6 is 0 Å². The van der Waals surface area contributed by atoms with E-state index in [-0.39, 0.29) is 18.1 Å². The first-order valence-corrected chi connectivity index (χ1v) is 4.55. The number of hydrogen-bond donors (Lipinski definition) is 2. The monoisotopic (exact) mass is 211 g/mol. The molecule has 0 radical (unpaired) electrons. The Balaban J connectivity index is 2.48. The molecular formula is C10H14FN3O. The topological polar surface area (TPSA) is 44.4 Å². The SMILES string of the molecule is CN(C)NCC(=O)Nc1ccccc1F.